The number of rotatable bonds is 10. The third-order valence-corrected chi connectivity index (χ3v) is 4.03. The second kappa shape index (κ2) is 10.2. The van der Waals surface area contributed by atoms with Crippen LogP contribution in [-0.2, 0) is 0 Å². The Hall–Kier alpha value is -0.670. The Bertz CT molecular complexity index is 326. The molecule has 1 N–H and O–H groups in total. The third-order valence-electron chi connectivity index (χ3n) is 3.05. The Morgan fingerprint density at radius 2 is 1.89 bits per heavy atom. The van der Waals surface area contributed by atoms with E-state index in [1.165, 1.54) is 17.1 Å². The van der Waals surface area contributed by atoms with Crippen molar-refractivity contribution in [2.75, 3.05) is 24.7 Å². The highest BCUT2D eigenvalue weighted by molar-refractivity contribution is 7.99. The third kappa shape index (κ3) is 6.35. The molecule has 3 heteroatoms. The Kier molecular flexibility index (Phi) is 8.76. The molecule has 0 fully saturated rings. The summed E-state index contributed by atoms with van der Waals surface area (Å²) in [6, 6.07) is 8.98. The lowest BCUT2D eigenvalue weighted by molar-refractivity contribution is 0.318. The maximum Gasteiger partial charge on any atom is 0.119 e. The number of benzene rings is 1. The van der Waals surface area contributed by atoms with Crippen LogP contribution >= 0.6 is 11.8 Å². The van der Waals surface area contributed by atoms with E-state index in [0.29, 0.717) is 6.04 Å². The number of ether oxygens (including phenoxy) is 1. The molecule has 1 aromatic carbocycles. The van der Waals surface area contributed by atoms with E-state index in [1.54, 1.807) is 0 Å². The van der Waals surface area contributed by atoms with Crippen molar-refractivity contribution in [3.63, 3.8) is 0 Å². The molecule has 0 aliphatic rings. The van der Waals surface area contributed by atoms with Crippen LogP contribution in [0, 0.1) is 0 Å². The minimum absolute atomic E-state index is 0.458. The van der Waals surface area contributed by atoms with Gasteiger partial charge in [-0.2, -0.15) is 11.8 Å². The lowest BCUT2D eigenvalue weighted by Crippen LogP contribution is -2.19. The molecule has 1 rings (SSSR count). The number of nitrogens with one attached hydrogen (secondary N) is 1. The fourth-order valence-electron chi connectivity index (χ4n) is 2.04. The molecular formula is C16H27NOS. The summed E-state index contributed by atoms with van der Waals surface area (Å²) >= 11 is 1.97. The molecule has 1 aromatic rings. The lowest BCUT2D eigenvalue weighted by Gasteiger charge is -2.16. The average Bonchev–Trinajstić information content (AvgIpc) is 2.45. The van der Waals surface area contributed by atoms with Crippen LogP contribution in [-0.4, -0.2) is 24.7 Å². The molecule has 0 aliphatic heterocycles. The van der Waals surface area contributed by atoms with Crippen LogP contribution in [0.3, 0.4) is 0 Å². The summed E-state index contributed by atoms with van der Waals surface area (Å²) in [5, 5.41) is 3.49. The molecule has 0 aromatic heterocycles. The van der Waals surface area contributed by atoms with Crippen molar-refractivity contribution < 1.29 is 4.74 Å². The molecule has 1 unspecified atom stereocenters. The maximum absolute atomic E-state index is 5.75. The molecule has 1 atom stereocenters. The van der Waals surface area contributed by atoms with Crippen LogP contribution in [0.15, 0.2) is 24.3 Å². The molecule has 0 radical (unpaired) electrons. The number of hydrogen-bond acceptors (Lipinski definition) is 3. The van der Waals surface area contributed by atoms with Crippen molar-refractivity contribution in [3.05, 3.63) is 29.8 Å². The summed E-state index contributed by atoms with van der Waals surface area (Å²) in [6.07, 6.45) is 2.23. The lowest BCUT2D eigenvalue weighted by atomic mass is 10.0. The maximum atomic E-state index is 5.75. The van der Waals surface area contributed by atoms with Gasteiger partial charge in [0.1, 0.15) is 5.75 Å². The van der Waals surface area contributed by atoms with Crippen LogP contribution in [0.25, 0.3) is 0 Å². The van der Waals surface area contributed by atoms with Gasteiger partial charge in [-0.25, -0.2) is 0 Å². The van der Waals surface area contributed by atoms with E-state index in [4.69, 9.17) is 4.74 Å². The van der Waals surface area contributed by atoms with Crippen LogP contribution in [0.5, 0.6) is 5.75 Å². The molecular weight excluding hydrogens is 254 g/mol. The topological polar surface area (TPSA) is 21.3 Å². The SMILES string of the molecule is CCNC(CC)c1ccc(OCCCSCC)cc1. The average molecular weight is 281 g/mol. The van der Waals surface area contributed by atoms with Crippen LogP contribution in [0.1, 0.15) is 45.2 Å². The molecule has 19 heavy (non-hydrogen) atoms. The van der Waals surface area contributed by atoms with Gasteiger partial charge in [0.15, 0.2) is 0 Å². The van der Waals surface area contributed by atoms with Crippen molar-refractivity contribution in [2.45, 2.75) is 39.7 Å². The van der Waals surface area contributed by atoms with Gasteiger partial charge in [-0.05, 0) is 48.6 Å². The second-order valence-electron chi connectivity index (χ2n) is 4.49. The summed E-state index contributed by atoms with van der Waals surface area (Å²) in [6.45, 7) is 8.37. The first kappa shape index (κ1) is 16.4. The van der Waals surface area contributed by atoms with E-state index in [9.17, 15) is 0 Å². The molecule has 108 valence electrons. The van der Waals surface area contributed by atoms with E-state index in [-0.39, 0.29) is 0 Å². The summed E-state index contributed by atoms with van der Waals surface area (Å²) in [4.78, 5) is 0. The van der Waals surface area contributed by atoms with Gasteiger partial charge in [0.25, 0.3) is 0 Å². The van der Waals surface area contributed by atoms with Gasteiger partial charge in [0, 0.05) is 6.04 Å². The van der Waals surface area contributed by atoms with Crippen molar-refractivity contribution in [2.24, 2.45) is 0 Å². The Morgan fingerprint density at radius 1 is 1.16 bits per heavy atom. The van der Waals surface area contributed by atoms with Gasteiger partial charge < -0.3 is 10.1 Å². The van der Waals surface area contributed by atoms with Gasteiger partial charge in [-0.15, -0.1) is 0 Å². The molecule has 0 bridgehead atoms. The quantitative estimate of drug-likeness (QED) is 0.647. The van der Waals surface area contributed by atoms with Crippen LogP contribution in [0.2, 0.25) is 0 Å². The number of thioether (sulfide) groups is 1. The van der Waals surface area contributed by atoms with Crippen molar-refractivity contribution in [1.29, 1.82) is 0 Å². The first-order valence-electron chi connectivity index (χ1n) is 7.35. The molecule has 0 saturated carbocycles. The second-order valence-corrected chi connectivity index (χ2v) is 5.88. The highest BCUT2D eigenvalue weighted by Gasteiger charge is 2.07. The fraction of sp³-hybridized carbons (Fsp3) is 0.625. The zero-order chi connectivity index (χ0) is 13.9. The Balaban J connectivity index is 2.38. The van der Waals surface area contributed by atoms with Crippen LogP contribution in [0.4, 0.5) is 0 Å². The van der Waals surface area contributed by atoms with E-state index < -0.39 is 0 Å². The summed E-state index contributed by atoms with van der Waals surface area (Å²) < 4.78 is 5.75. The zero-order valence-electron chi connectivity index (χ0n) is 12.4. The smallest absolute Gasteiger partial charge is 0.119 e. The largest absolute Gasteiger partial charge is 0.494 e. The van der Waals surface area contributed by atoms with Gasteiger partial charge in [0.05, 0.1) is 6.61 Å². The summed E-state index contributed by atoms with van der Waals surface area (Å²) in [5.74, 6) is 3.36. The zero-order valence-corrected chi connectivity index (χ0v) is 13.3. The number of hydrogen-bond donors (Lipinski definition) is 1. The van der Waals surface area contributed by atoms with E-state index in [2.05, 4.69) is 50.4 Å². The molecule has 0 saturated heterocycles. The normalized spacial score (nSPS) is 12.4. The predicted octanol–water partition coefficient (Wildman–Crippen LogP) is 4.27. The highest BCUT2D eigenvalue weighted by Crippen LogP contribution is 2.20. The Labute approximate surface area is 122 Å². The van der Waals surface area contributed by atoms with Gasteiger partial charge in [-0.3, -0.25) is 0 Å². The van der Waals surface area contributed by atoms with E-state index in [0.717, 1.165) is 31.7 Å². The molecule has 0 amide bonds. The van der Waals surface area contributed by atoms with Crippen LogP contribution < -0.4 is 10.1 Å². The monoisotopic (exact) mass is 281 g/mol. The first-order chi connectivity index (χ1) is 9.31. The summed E-state index contributed by atoms with van der Waals surface area (Å²) in [5.41, 5.74) is 1.35. The van der Waals surface area contributed by atoms with E-state index in [1.807, 2.05) is 11.8 Å². The predicted molar refractivity (Wildman–Crippen MR) is 86.3 cm³/mol. The van der Waals surface area contributed by atoms with Crippen molar-refractivity contribution in [3.8, 4) is 5.75 Å². The molecule has 0 heterocycles. The summed E-state index contributed by atoms with van der Waals surface area (Å²) in [7, 11) is 0. The fourth-order valence-corrected chi connectivity index (χ4v) is 2.65. The first-order valence-corrected chi connectivity index (χ1v) is 8.51. The minimum Gasteiger partial charge on any atom is -0.494 e. The molecule has 0 spiro atoms. The highest BCUT2D eigenvalue weighted by atomic mass is 32.2. The molecule has 2 nitrogen and oxygen atoms in total. The van der Waals surface area contributed by atoms with Crippen molar-refractivity contribution in [1.82, 2.24) is 5.32 Å². The molecule has 0 aliphatic carbocycles. The Morgan fingerprint density at radius 3 is 2.47 bits per heavy atom. The standard InChI is InChI=1S/C16H27NOS/c1-4-16(17-5-2)14-8-10-15(11-9-14)18-12-7-13-19-6-3/h8-11,16-17H,4-7,12-13H2,1-3H3. The van der Waals surface area contributed by atoms with Crippen molar-refractivity contribution >= 4 is 11.8 Å². The van der Waals surface area contributed by atoms with Gasteiger partial charge in [0.2, 0.25) is 0 Å². The van der Waals surface area contributed by atoms with Gasteiger partial charge in [-0.1, -0.05) is 32.9 Å². The minimum atomic E-state index is 0.458. The van der Waals surface area contributed by atoms with Gasteiger partial charge >= 0.3 is 0 Å². The van der Waals surface area contributed by atoms with E-state index >= 15 is 0 Å².